The molecule has 1 atom stereocenters. The Labute approximate surface area is 140 Å². The lowest BCUT2D eigenvalue weighted by Gasteiger charge is -2.14. The van der Waals surface area contributed by atoms with E-state index in [1.807, 2.05) is 12.1 Å². The maximum absolute atomic E-state index is 12.2. The fourth-order valence-electron chi connectivity index (χ4n) is 2.25. The average molecular weight is 334 g/mol. The quantitative estimate of drug-likeness (QED) is 0.777. The number of aromatic nitrogens is 2. The van der Waals surface area contributed by atoms with Crippen LogP contribution in [0.3, 0.4) is 0 Å². The van der Waals surface area contributed by atoms with E-state index in [0.29, 0.717) is 6.54 Å². The summed E-state index contributed by atoms with van der Waals surface area (Å²) in [5.74, 6) is -0.170. The zero-order valence-electron chi connectivity index (χ0n) is 13.1. The van der Waals surface area contributed by atoms with E-state index in [4.69, 9.17) is 23.1 Å². The summed E-state index contributed by atoms with van der Waals surface area (Å²) >= 11 is 5.78. The topological polar surface area (TPSA) is 107 Å². The fraction of sp³-hybridized carbons (Fsp3) is 0.312. The van der Waals surface area contributed by atoms with E-state index in [9.17, 15) is 4.79 Å². The third kappa shape index (κ3) is 4.32. The fourth-order valence-corrected chi connectivity index (χ4v) is 2.37. The van der Waals surface area contributed by atoms with E-state index in [1.165, 1.54) is 11.1 Å². The molecule has 1 aromatic carbocycles. The first kappa shape index (κ1) is 17.0. The highest BCUT2D eigenvalue weighted by Crippen LogP contribution is 2.17. The SMILES string of the molecule is Cc1ccccc1C[C@H](C)CNC(=O)c1nc(Cl)c(N)nc1N. The van der Waals surface area contributed by atoms with Gasteiger partial charge in [0.15, 0.2) is 22.5 Å². The van der Waals surface area contributed by atoms with Crippen LogP contribution in [0, 0.1) is 12.8 Å². The minimum Gasteiger partial charge on any atom is -0.382 e. The molecule has 2 rings (SSSR count). The molecule has 0 aliphatic carbocycles. The molecule has 0 bridgehead atoms. The van der Waals surface area contributed by atoms with Gasteiger partial charge in [0.2, 0.25) is 0 Å². The molecule has 0 unspecified atom stereocenters. The van der Waals surface area contributed by atoms with Crippen molar-refractivity contribution in [1.29, 1.82) is 0 Å². The molecule has 5 N–H and O–H groups in total. The highest BCUT2D eigenvalue weighted by atomic mass is 35.5. The van der Waals surface area contributed by atoms with Gasteiger partial charge in [0, 0.05) is 6.54 Å². The number of rotatable bonds is 5. The largest absolute Gasteiger partial charge is 0.382 e. The number of benzene rings is 1. The molecule has 0 radical (unpaired) electrons. The van der Waals surface area contributed by atoms with E-state index in [2.05, 4.69) is 41.3 Å². The Balaban J connectivity index is 1.96. The molecule has 0 aliphatic rings. The van der Waals surface area contributed by atoms with Crippen molar-refractivity contribution >= 4 is 29.1 Å². The second-order valence-corrected chi connectivity index (χ2v) is 5.94. The van der Waals surface area contributed by atoms with Crippen molar-refractivity contribution in [2.45, 2.75) is 20.3 Å². The lowest BCUT2D eigenvalue weighted by Crippen LogP contribution is -2.30. The van der Waals surface area contributed by atoms with E-state index in [-0.39, 0.29) is 28.4 Å². The third-order valence-electron chi connectivity index (χ3n) is 3.56. The predicted molar refractivity (Wildman–Crippen MR) is 92.2 cm³/mol. The number of hydrogen-bond donors (Lipinski definition) is 3. The van der Waals surface area contributed by atoms with Crippen LogP contribution in [0.2, 0.25) is 5.15 Å². The molecule has 23 heavy (non-hydrogen) atoms. The molecule has 0 spiro atoms. The maximum Gasteiger partial charge on any atom is 0.273 e. The molecule has 1 aromatic heterocycles. The summed E-state index contributed by atoms with van der Waals surface area (Å²) in [6.45, 7) is 4.64. The average Bonchev–Trinajstić information content (AvgIpc) is 2.51. The number of nitrogens with zero attached hydrogens (tertiary/aromatic N) is 2. The molecule has 2 aromatic rings. The molecule has 7 heteroatoms. The number of halogens is 1. The van der Waals surface area contributed by atoms with Crippen molar-refractivity contribution in [2.75, 3.05) is 18.0 Å². The maximum atomic E-state index is 12.2. The standard InChI is InChI=1S/C16H20ClN5O/c1-9(7-11-6-4-3-5-10(11)2)8-20-16(23)12-14(18)22-15(19)13(17)21-12/h3-6,9H,7-8H2,1-2H3,(H,20,23)(H4,18,19,22)/t9-/m0/s1. The van der Waals surface area contributed by atoms with Crippen LogP contribution in [-0.2, 0) is 6.42 Å². The first-order valence-corrected chi connectivity index (χ1v) is 7.67. The van der Waals surface area contributed by atoms with Crippen molar-refractivity contribution in [1.82, 2.24) is 15.3 Å². The molecular formula is C16H20ClN5O. The number of carbonyl (C=O) groups excluding carboxylic acids is 1. The molecule has 1 heterocycles. The summed E-state index contributed by atoms with van der Waals surface area (Å²) in [5, 5.41) is 2.77. The lowest BCUT2D eigenvalue weighted by molar-refractivity contribution is 0.0943. The van der Waals surface area contributed by atoms with Crippen LogP contribution in [0.1, 0.15) is 28.5 Å². The summed E-state index contributed by atoms with van der Waals surface area (Å²) in [4.78, 5) is 19.8. The summed E-state index contributed by atoms with van der Waals surface area (Å²) in [6.07, 6.45) is 0.872. The number of amides is 1. The Kier molecular flexibility index (Phi) is 5.39. The van der Waals surface area contributed by atoms with Gasteiger partial charge >= 0.3 is 0 Å². The van der Waals surface area contributed by atoms with Gasteiger partial charge in [0.1, 0.15) is 0 Å². The van der Waals surface area contributed by atoms with Crippen LogP contribution < -0.4 is 16.8 Å². The number of aryl methyl sites for hydroxylation is 1. The van der Waals surface area contributed by atoms with Gasteiger partial charge in [-0.15, -0.1) is 0 Å². The summed E-state index contributed by atoms with van der Waals surface area (Å²) in [7, 11) is 0. The number of nitrogen functional groups attached to an aromatic ring is 2. The normalized spacial score (nSPS) is 12.0. The number of nitrogens with one attached hydrogen (secondary N) is 1. The summed E-state index contributed by atoms with van der Waals surface area (Å²) in [5.41, 5.74) is 13.7. The van der Waals surface area contributed by atoms with Crippen LogP contribution in [-0.4, -0.2) is 22.4 Å². The monoisotopic (exact) mass is 333 g/mol. The minimum absolute atomic E-state index is 0.00714. The lowest BCUT2D eigenvalue weighted by atomic mass is 9.97. The zero-order chi connectivity index (χ0) is 17.0. The summed E-state index contributed by atoms with van der Waals surface area (Å²) in [6, 6.07) is 8.20. The minimum atomic E-state index is -0.409. The smallest absolute Gasteiger partial charge is 0.273 e. The molecule has 6 nitrogen and oxygen atoms in total. The van der Waals surface area contributed by atoms with Gasteiger partial charge in [-0.05, 0) is 30.4 Å². The second-order valence-electron chi connectivity index (χ2n) is 5.58. The Morgan fingerprint density at radius 3 is 2.65 bits per heavy atom. The number of hydrogen-bond acceptors (Lipinski definition) is 5. The van der Waals surface area contributed by atoms with Crippen molar-refractivity contribution in [2.24, 2.45) is 5.92 Å². The van der Waals surface area contributed by atoms with E-state index in [1.54, 1.807) is 0 Å². The predicted octanol–water partition coefficient (Wildman–Crippen LogP) is 2.21. The Hall–Kier alpha value is -2.34. The van der Waals surface area contributed by atoms with Crippen molar-refractivity contribution in [3.8, 4) is 0 Å². The molecule has 0 saturated heterocycles. The third-order valence-corrected chi connectivity index (χ3v) is 3.84. The first-order valence-electron chi connectivity index (χ1n) is 7.29. The number of anilines is 2. The van der Waals surface area contributed by atoms with Crippen molar-refractivity contribution in [3.63, 3.8) is 0 Å². The highest BCUT2D eigenvalue weighted by Gasteiger charge is 2.16. The Morgan fingerprint density at radius 1 is 1.26 bits per heavy atom. The van der Waals surface area contributed by atoms with Gasteiger partial charge in [-0.2, -0.15) is 0 Å². The van der Waals surface area contributed by atoms with E-state index in [0.717, 1.165) is 6.42 Å². The Bertz CT molecular complexity index is 720. The molecule has 0 fully saturated rings. The first-order chi connectivity index (χ1) is 10.9. The number of nitrogens with two attached hydrogens (primary N) is 2. The Morgan fingerprint density at radius 2 is 1.96 bits per heavy atom. The van der Waals surface area contributed by atoms with Crippen LogP contribution in [0.15, 0.2) is 24.3 Å². The highest BCUT2D eigenvalue weighted by molar-refractivity contribution is 6.31. The van der Waals surface area contributed by atoms with Gasteiger partial charge < -0.3 is 16.8 Å². The zero-order valence-corrected chi connectivity index (χ0v) is 13.9. The van der Waals surface area contributed by atoms with E-state index >= 15 is 0 Å². The summed E-state index contributed by atoms with van der Waals surface area (Å²) < 4.78 is 0. The molecule has 0 saturated carbocycles. The van der Waals surface area contributed by atoms with Crippen LogP contribution in [0.5, 0.6) is 0 Å². The number of carbonyl (C=O) groups is 1. The van der Waals surface area contributed by atoms with Crippen molar-refractivity contribution < 1.29 is 4.79 Å². The van der Waals surface area contributed by atoms with E-state index < -0.39 is 5.91 Å². The van der Waals surface area contributed by atoms with Crippen LogP contribution in [0.25, 0.3) is 0 Å². The molecule has 1 amide bonds. The van der Waals surface area contributed by atoms with Crippen LogP contribution in [0.4, 0.5) is 11.6 Å². The van der Waals surface area contributed by atoms with Gasteiger partial charge in [-0.3, -0.25) is 4.79 Å². The van der Waals surface area contributed by atoms with Gasteiger partial charge in [0.25, 0.3) is 5.91 Å². The van der Waals surface area contributed by atoms with Crippen LogP contribution >= 0.6 is 11.6 Å². The second kappa shape index (κ2) is 7.28. The molecule has 122 valence electrons. The van der Waals surface area contributed by atoms with Gasteiger partial charge in [0.05, 0.1) is 0 Å². The molecular weight excluding hydrogens is 314 g/mol. The van der Waals surface area contributed by atoms with Gasteiger partial charge in [-0.1, -0.05) is 42.8 Å². The van der Waals surface area contributed by atoms with Gasteiger partial charge in [-0.25, -0.2) is 9.97 Å². The molecule has 0 aliphatic heterocycles. The van der Waals surface area contributed by atoms with Crippen molar-refractivity contribution in [3.05, 3.63) is 46.2 Å².